The van der Waals surface area contributed by atoms with E-state index in [0.717, 1.165) is 66.1 Å². The van der Waals surface area contributed by atoms with Gasteiger partial charge in [-0.15, -0.1) is 11.6 Å². The minimum Gasteiger partial charge on any atom is -0.492 e. The van der Waals surface area contributed by atoms with E-state index in [4.69, 9.17) is 44.8 Å². The van der Waals surface area contributed by atoms with E-state index in [0.29, 0.717) is 50.8 Å². The normalized spacial score (nSPS) is 15.9. The topological polar surface area (TPSA) is 160 Å². The van der Waals surface area contributed by atoms with Gasteiger partial charge in [-0.25, -0.2) is 13.8 Å². The summed E-state index contributed by atoms with van der Waals surface area (Å²) in [5, 5.41) is 7.55. The molecule has 3 heterocycles. The monoisotopic (exact) mass is 1010 g/mol. The lowest BCUT2D eigenvalue weighted by Gasteiger charge is -2.19. The quantitative estimate of drug-likeness (QED) is 0.0208. The van der Waals surface area contributed by atoms with E-state index in [-0.39, 0.29) is 49.4 Å². The molecule has 0 aliphatic carbocycles. The van der Waals surface area contributed by atoms with Crippen molar-refractivity contribution in [2.45, 2.75) is 58.5 Å². The van der Waals surface area contributed by atoms with Gasteiger partial charge in [0.25, 0.3) is 0 Å². The van der Waals surface area contributed by atoms with Crippen LogP contribution in [0.25, 0.3) is 0 Å². The number of carbonyl (C=O) groups is 2. The number of ketones is 2. The molecule has 1 aromatic heterocycles. The number of likely N-dealkylation sites (N-methyl/N-ethyl adjacent to an activating group) is 2. The fraction of sp³-hybridized carbons (Fsp3) is 0.354. The molecule has 360 valence electrons. The lowest BCUT2D eigenvalue weighted by Crippen LogP contribution is -2.30. The predicted octanol–water partition coefficient (Wildman–Crippen LogP) is 10.2. The standard InChI is InChI=1S/C23H25FN4O2S.C16H24N4OS2.C9H8ClFO.H3P/c1-14-5-6-15(12-19(14)24)20(29)21-22(25)27-23(31-21)26-16-7-9-18(10-8-16)30-13-17-4-3-11-28(17)2;1-3-23-15(17)19-16(22)18-12-6-8-14(9-7-12)21-11-13-5-4-10-20(13)2;1-6-2-3-7(4-8(6)11)9(12)5-10;/h5-10,12,17H,3-4,11,13,25H2,1-2H3,(H,26,27);6-9,13H,3-5,10-11H2,1-2H3,(H3,17,18,19,22);2-4H,5H2,1H3;1H3/t;13-;;/m.0../s1. The minimum atomic E-state index is -0.422. The number of amidine groups is 1. The Morgan fingerprint density at radius 1 is 0.866 bits per heavy atom. The first kappa shape index (κ1) is 54.9. The molecule has 12 nitrogen and oxygen atoms in total. The SMILES string of the molecule is CCSC(N)=NC(=S)Nc1ccc(OC[C@@H]2CCCN2C)cc1.Cc1ccc(C(=O)CCl)cc1F.Cc1ccc(C(=O)c2sc(Nc3ccc(OCC4CCCN4C)cc3)nc2N)cc1F.P. The van der Waals surface area contributed by atoms with E-state index < -0.39 is 5.82 Å². The van der Waals surface area contributed by atoms with Gasteiger partial charge >= 0.3 is 0 Å². The van der Waals surface area contributed by atoms with E-state index in [9.17, 15) is 18.4 Å². The molecule has 5 aromatic rings. The van der Waals surface area contributed by atoms with Crippen molar-refractivity contribution in [2.24, 2.45) is 10.7 Å². The molecule has 2 saturated heterocycles. The summed E-state index contributed by atoms with van der Waals surface area (Å²) in [6.07, 6.45) is 4.84. The van der Waals surface area contributed by atoms with Crippen LogP contribution in [0.4, 0.5) is 31.1 Å². The number of alkyl halides is 1. The number of aryl methyl sites for hydroxylation is 2. The number of thiocarbonyl (C=S) groups is 1. The van der Waals surface area contributed by atoms with Gasteiger partial charge < -0.3 is 41.4 Å². The van der Waals surface area contributed by atoms with Crippen LogP contribution in [0.2, 0.25) is 0 Å². The number of nitrogens with one attached hydrogen (secondary N) is 2. The number of Topliss-reactive ketones (excluding diaryl/α,β-unsaturated/α-hetero) is 1. The first-order chi connectivity index (χ1) is 31.6. The Bertz CT molecular complexity index is 2450. The molecule has 2 aliphatic rings. The fourth-order valence-electron chi connectivity index (χ4n) is 6.85. The molecule has 7 rings (SSSR count). The maximum atomic E-state index is 13.8. The molecule has 2 aliphatic heterocycles. The third-order valence-electron chi connectivity index (χ3n) is 10.9. The molecule has 0 bridgehead atoms. The number of aliphatic imine (C=N–C) groups is 1. The predicted molar refractivity (Wildman–Crippen MR) is 283 cm³/mol. The number of thioether (sulfide) groups is 1. The average molecular weight is 1010 g/mol. The molecule has 3 atom stereocenters. The van der Waals surface area contributed by atoms with Gasteiger partial charge in [-0.05, 0) is 156 Å². The van der Waals surface area contributed by atoms with Gasteiger partial charge in [0.15, 0.2) is 21.2 Å². The van der Waals surface area contributed by atoms with Crippen molar-refractivity contribution in [3.8, 4) is 11.5 Å². The molecule has 0 saturated carbocycles. The summed E-state index contributed by atoms with van der Waals surface area (Å²) < 4.78 is 38.5. The van der Waals surface area contributed by atoms with Crippen molar-refractivity contribution in [1.29, 1.82) is 0 Å². The highest BCUT2D eigenvalue weighted by Crippen LogP contribution is 2.31. The van der Waals surface area contributed by atoms with Crippen LogP contribution in [-0.4, -0.2) is 101 Å². The summed E-state index contributed by atoms with van der Waals surface area (Å²) in [6, 6.07) is 25.0. The Labute approximate surface area is 414 Å². The lowest BCUT2D eigenvalue weighted by molar-refractivity contribution is 0.101. The molecule has 4 aromatic carbocycles. The van der Waals surface area contributed by atoms with Crippen molar-refractivity contribution in [2.75, 3.05) is 68.4 Å². The number of aromatic nitrogens is 1. The number of carbonyl (C=O) groups excluding carboxylic acids is 2. The van der Waals surface area contributed by atoms with Crippen molar-refractivity contribution in [1.82, 2.24) is 14.8 Å². The van der Waals surface area contributed by atoms with Crippen LogP contribution in [0.15, 0.2) is 89.9 Å². The number of hydrogen-bond donors (Lipinski definition) is 4. The largest absolute Gasteiger partial charge is 0.492 e. The smallest absolute Gasteiger partial charge is 0.206 e. The van der Waals surface area contributed by atoms with Gasteiger partial charge in [0, 0.05) is 34.6 Å². The van der Waals surface area contributed by atoms with Crippen molar-refractivity contribution in [3.63, 3.8) is 0 Å². The first-order valence-electron chi connectivity index (χ1n) is 21.5. The van der Waals surface area contributed by atoms with Gasteiger partial charge in [-0.2, -0.15) is 14.9 Å². The number of nitrogens with two attached hydrogens (primary N) is 2. The van der Waals surface area contributed by atoms with E-state index in [1.54, 1.807) is 38.1 Å². The number of rotatable bonds is 14. The number of ether oxygens (including phenoxy) is 2. The van der Waals surface area contributed by atoms with Crippen LogP contribution in [0.3, 0.4) is 0 Å². The second-order valence-corrected chi connectivity index (χ2v) is 18.6. The molecule has 0 spiro atoms. The second-order valence-electron chi connectivity index (χ2n) is 15.7. The fourth-order valence-corrected chi connectivity index (χ4v) is 8.59. The minimum absolute atomic E-state index is 0. The summed E-state index contributed by atoms with van der Waals surface area (Å²) >= 11 is 13.1. The van der Waals surface area contributed by atoms with Crippen LogP contribution < -0.4 is 31.6 Å². The Morgan fingerprint density at radius 3 is 1.85 bits per heavy atom. The third-order valence-corrected chi connectivity index (χ3v) is 12.9. The number of hydrogen-bond acceptors (Lipinski definition) is 12. The molecule has 2 unspecified atom stereocenters. The molecular weight excluding hydrogens is 953 g/mol. The summed E-state index contributed by atoms with van der Waals surface area (Å²) in [7, 11) is 4.28. The van der Waals surface area contributed by atoms with Gasteiger partial charge in [0.1, 0.15) is 47.0 Å². The van der Waals surface area contributed by atoms with Crippen molar-refractivity contribution < 1.29 is 27.8 Å². The highest BCUT2D eigenvalue weighted by molar-refractivity contribution is 8.13. The van der Waals surface area contributed by atoms with Gasteiger partial charge in [-0.3, -0.25) is 9.59 Å². The van der Waals surface area contributed by atoms with Crippen LogP contribution in [0, 0.1) is 25.5 Å². The first-order valence-corrected chi connectivity index (χ1v) is 24.2. The van der Waals surface area contributed by atoms with E-state index >= 15 is 0 Å². The highest BCUT2D eigenvalue weighted by atomic mass is 35.5. The van der Waals surface area contributed by atoms with Crippen molar-refractivity contribution >= 4 is 101 Å². The van der Waals surface area contributed by atoms with E-state index in [2.05, 4.69) is 44.5 Å². The second kappa shape index (κ2) is 27.3. The summed E-state index contributed by atoms with van der Waals surface area (Å²) in [5.74, 6) is 1.17. The summed E-state index contributed by atoms with van der Waals surface area (Å²) in [4.78, 5) is 37.0. The molecular formula is C48H60ClF2N8O4PS3. The van der Waals surface area contributed by atoms with E-state index in [1.165, 1.54) is 43.2 Å². The Morgan fingerprint density at radius 2 is 1.37 bits per heavy atom. The number of nitrogen functional groups attached to an aromatic ring is 1. The maximum Gasteiger partial charge on any atom is 0.206 e. The number of anilines is 4. The zero-order valence-electron chi connectivity index (χ0n) is 38.5. The van der Waals surface area contributed by atoms with Crippen molar-refractivity contribution in [3.05, 3.63) is 124 Å². The number of nitrogens with zero attached hydrogens (tertiary/aromatic N) is 4. The maximum absolute atomic E-state index is 13.8. The van der Waals surface area contributed by atoms with Gasteiger partial charge in [-0.1, -0.05) is 54.3 Å². The molecule has 0 amide bonds. The van der Waals surface area contributed by atoms with Crippen LogP contribution in [0.1, 0.15) is 69.3 Å². The Kier molecular flexibility index (Phi) is 22.4. The molecule has 67 heavy (non-hydrogen) atoms. The number of benzene rings is 4. The van der Waals surface area contributed by atoms with Gasteiger partial charge in [0.2, 0.25) is 5.78 Å². The summed E-state index contributed by atoms with van der Waals surface area (Å²) in [6.45, 7) is 9.01. The molecule has 2 fully saturated rings. The average Bonchev–Trinajstić information content (AvgIpc) is 4.03. The highest BCUT2D eigenvalue weighted by Gasteiger charge is 2.23. The van der Waals surface area contributed by atoms with Crippen LogP contribution >= 0.6 is 56.8 Å². The molecule has 0 radical (unpaired) electrons. The molecule has 19 heteroatoms. The third kappa shape index (κ3) is 17.1. The molecule has 6 N–H and O–H groups in total. The summed E-state index contributed by atoms with van der Waals surface area (Å²) in [5.41, 5.74) is 15.0. The number of likely N-dealkylation sites (tertiary alicyclic amines) is 2. The van der Waals surface area contributed by atoms with Gasteiger partial charge in [0.05, 0.1) is 5.88 Å². The van der Waals surface area contributed by atoms with Crippen LogP contribution in [0.5, 0.6) is 11.5 Å². The number of halogens is 3. The van der Waals surface area contributed by atoms with Crippen LogP contribution in [-0.2, 0) is 0 Å². The Balaban J connectivity index is 0.000000239. The Hall–Kier alpha value is -4.74. The lowest BCUT2D eigenvalue weighted by atomic mass is 10.1. The zero-order valence-corrected chi connectivity index (χ0v) is 43.1. The zero-order chi connectivity index (χ0) is 47.8. The number of thiazole rings is 1. The van der Waals surface area contributed by atoms with E-state index in [1.807, 2.05) is 55.5 Å².